The molecule has 7 nitrogen and oxygen atoms in total. The zero-order valence-corrected chi connectivity index (χ0v) is 22.8. The van der Waals surface area contributed by atoms with E-state index in [9.17, 15) is 14.4 Å². The maximum absolute atomic E-state index is 12.7. The fourth-order valence-corrected chi connectivity index (χ4v) is 4.74. The Bertz CT molecular complexity index is 1530. The van der Waals surface area contributed by atoms with Crippen LogP contribution in [0.25, 0.3) is 10.8 Å². The number of esters is 1. The quantitative estimate of drug-likeness (QED) is 0.274. The van der Waals surface area contributed by atoms with Gasteiger partial charge in [-0.15, -0.1) is 0 Å². The molecule has 204 valence electrons. The number of anilines is 2. The summed E-state index contributed by atoms with van der Waals surface area (Å²) in [6, 6.07) is 28.5. The summed E-state index contributed by atoms with van der Waals surface area (Å²) in [5.74, 6) is -0.446. The third kappa shape index (κ3) is 6.15. The van der Waals surface area contributed by atoms with Gasteiger partial charge in [-0.25, -0.2) is 0 Å². The van der Waals surface area contributed by atoms with Crippen LogP contribution in [0.2, 0.25) is 0 Å². The largest absolute Gasteiger partial charge is 0.457 e. The zero-order chi connectivity index (χ0) is 28.3. The van der Waals surface area contributed by atoms with Crippen molar-refractivity contribution in [2.45, 2.75) is 32.6 Å². The molecule has 0 radical (unpaired) electrons. The lowest BCUT2D eigenvalue weighted by atomic mass is 9.87. The second-order valence-electron chi connectivity index (χ2n) is 11.0. The predicted molar refractivity (Wildman–Crippen MR) is 156 cm³/mol. The summed E-state index contributed by atoms with van der Waals surface area (Å²) in [6.45, 7) is 6.26. The molecule has 1 heterocycles. The number of nitrogens with one attached hydrogen (secondary N) is 1. The van der Waals surface area contributed by atoms with Crippen molar-refractivity contribution in [2.75, 3.05) is 23.4 Å². The fourth-order valence-electron chi connectivity index (χ4n) is 4.74. The summed E-state index contributed by atoms with van der Waals surface area (Å²) in [7, 11) is 0. The van der Waals surface area contributed by atoms with E-state index >= 15 is 0 Å². The summed E-state index contributed by atoms with van der Waals surface area (Å²) in [5, 5.41) is 4.70. The van der Waals surface area contributed by atoms with E-state index in [1.165, 1.54) is 5.56 Å². The van der Waals surface area contributed by atoms with Gasteiger partial charge in [0.1, 0.15) is 11.5 Å². The van der Waals surface area contributed by atoms with Gasteiger partial charge in [0.25, 0.3) is 5.91 Å². The minimum atomic E-state index is -0.643. The Morgan fingerprint density at radius 2 is 1.52 bits per heavy atom. The number of amides is 2. The molecular formula is C33H32N2O5. The normalized spacial score (nSPS) is 15.2. The van der Waals surface area contributed by atoms with E-state index in [1.54, 1.807) is 35.2 Å². The molecule has 40 heavy (non-hydrogen) atoms. The molecular weight excluding hydrogens is 504 g/mol. The van der Waals surface area contributed by atoms with Gasteiger partial charge in [-0.05, 0) is 58.8 Å². The summed E-state index contributed by atoms with van der Waals surface area (Å²) >= 11 is 0. The number of carbonyl (C=O) groups excluding carboxylic acids is 3. The molecule has 1 saturated heterocycles. The molecule has 0 unspecified atom stereocenters. The van der Waals surface area contributed by atoms with Gasteiger partial charge >= 0.3 is 5.97 Å². The highest BCUT2D eigenvalue weighted by molar-refractivity contribution is 6.03. The first kappa shape index (κ1) is 26.9. The van der Waals surface area contributed by atoms with Crippen LogP contribution in [-0.4, -0.2) is 30.9 Å². The van der Waals surface area contributed by atoms with Gasteiger partial charge in [0, 0.05) is 29.7 Å². The Labute approximate surface area is 233 Å². The number of nitrogens with zero attached hydrogens (tertiary/aromatic N) is 1. The van der Waals surface area contributed by atoms with Crippen molar-refractivity contribution in [3.8, 4) is 11.5 Å². The molecule has 1 atom stereocenters. The van der Waals surface area contributed by atoms with E-state index in [0.717, 1.165) is 16.5 Å². The van der Waals surface area contributed by atoms with Crippen LogP contribution in [0, 0.1) is 5.92 Å². The Balaban J connectivity index is 1.14. The first-order valence-electron chi connectivity index (χ1n) is 13.3. The number of fused-ring (bicyclic) bond motifs is 1. The lowest BCUT2D eigenvalue weighted by molar-refractivity contribution is -0.151. The summed E-state index contributed by atoms with van der Waals surface area (Å²) in [6.07, 6.45) is 0.0299. The van der Waals surface area contributed by atoms with Gasteiger partial charge in [-0.1, -0.05) is 69.3 Å². The first-order chi connectivity index (χ1) is 19.2. The van der Waals surface area contributed by atoms with E-state index in [1.807, 2.05) is 48.5 Å². The molecule has 1 N–H and O–H groups in total. The third-order valence-corrected chi connectivity index (χ3v) is 6.97. The predicted octanol–water partition coefficient (Wildman–Crippen LogP) is 6.46. The number of hydrogen-bond donors (Lipinski definition) is 1. The van der Waals surface area contributed by atoms with Crippen LogP contribution < -0.4 is 15.0 Å². The number of rotatable bonds is 7. The molecule has 0 spiro atoms. The molecule has 4 aromatic carbocycles. The van der Waals surface area contributed by atoms with Crippen LogP contribution in [0.3, 0.4) is 0 Å². The van der Waals surface area contributed by atoms with E-state index in [2.05, 4.69) is 38.2 Å². The Morgan fingerprint density at radius 1 is 0.875 bits per heavy atom. The Hall–Kier alpha value is -4.65. The number of carbonyl (C=O) groups is 3. The molecule has 2 amide bonds. The standard InChI is InChI=1S/C33H32N2O5/c1-33(2,3)24-11-15-26(16-12-24)40-27-17-13-25(14-18-27)35-20-23(19-31(35)37)32(38)39-21-30(36)34-29-10-6-8-22-7-4-5-9-28(22)29/h4-18,23H,19-21H2,1-3H3,(H,34,36)/t23-/m0/s1. The van der Waals surface area contributed by atoms with Crippen LogP contribution in [0.4, 0.5) is 11.4 Å². The van der Waals surface area contributed by atoms with Crippen LogP contribution in [-0.2, 0) is 24.5 Å². The maximum atomic E-state index is 12.7. The van der Waals surface area contributed by atoms with Crippen molar-refractivity contribution in [3.63, 3.8) is 0 Å². The van der Waals surface area contributed by atoms with Crippen molar-refractivity contribution in [1.82, 2.24) is 0 Å². The molecule has 1 aliphatic heterocycles. The highest BCUT2D eigenvalue weighted by atomic mass is 16.5. The van der Waals surface area contributed by atoms with Crippen LogP contribution >= 0.6 is 0 Å². The fraction of sp³-hybridized carbons (Fsp3) is 0.242. The summed E-state index contributed by atoms with van der Waals surface area (Å²) < 4.78 is 11.2. The van der Waals surface area contributed by atoms with Crippen molar-refractivity contribution in [1.29, 1.82) is 0 Å². The lowest BCUT2D eigenvalue weighted by Crippen LogP contribution is -2.28. The molecule has 0 aromatic heterocycles. The summed E-state index contributed by atoms with van der Waals surface area (Å²) in [5.41, 5.74) is 2.61. The third-order valence-electron chi connectivity index (χ3n) is 6.97. The van der Waals surface area contributed by atoms with E-state index in [0.29, 0.717) is 17.1 Å². The number of benzene rings is 4. The molecule has 1 fully saturated rings. The topological polar surface area (TPSA) is 84.9 Å². The zero-order valence-electron chi connectivity index (χ0n) is 22.8. The van der Waals surface area contributed by atoms with Crippen LogP contribution in [0.1, 0.15) is 32.8 Å². The second-order valence-corrected chi connectivity index (χ2v) is 11.0. The van der Waals surface area contributed by atoms with Crippen molar-refractivity contribution in [3.05, 3.63) is 96.6 Å². The number of hydrogen-bond acceptors (Lipinski definition) is 5. The highest BCUT2D eigenvalue weighted by Gasteiger charge is 2.36. The second kappa shape index (κ2) is 11.2. The molecule has 4 aromatic rings. The molecule has 7 heteroatoms. The van der Waals surface area contributed by atoms with Crippen LogP contribution in [0.5, 0.6) is 11.5 Å². The molecule has 0 bridgehead atoms. The monoisotopic (exact) mass is 536 g/mol. The maximum Gasteiger partial charge on any atom is 0.311 e. The van der Waals surface area contributed by atoms with Gasteiger partial charge < -0.3 is 19.7 Å². The van der Waals surface area contributed by atoms with Gasteiger partial charge in [0.15, 0.2) is 6.61 Å². The SMILES string of the molecule is CC(C)(C)c1ccc(Oc2ccc(N3C[C@@H](C(=O)OCC(=O)Nc4cccc5ccccc45)CC3=O)cc2)cc1. The molecule has 5 rings (SSSR count). The van der Waals surface area contributed by atoms with Gasteiger partial charge in [0.2, 0.25) is 5.91 Å². The van der Waals surface area contributed by atoms with E-state index in [-0.39, 0.29) is 24.3 Å². The van der Waals surface area contributed by atoms with Crippen molar-refractivity contribution >= 4 is 39.9 Å². The molecule has 0 aliphatic carbocycles. The Kier molecular flexibility index (Phi) is 7.56. The van der Waals surface area contributed by atoms with E-state index in [4.69, 9.17) is 9.47 Å². The van der Waals surface area contributed by atoms with Crippen LogP contribution in [0.15, 0.2) is 91.0 Å². The highest BCUT2D eigenvalue weighted by Crippen LogP contribution is 2.30. The van der Waals surface area contributed by atoms with Gasteiger partial charge in [-0.2, -0.15) is 0 Å². The smallest absolute Gasteiger partial charge is 0.311 e. The summed E-state index contributed by atoms with van der Waals surface area (Å²) in [4.78, 5) is 39.4. The number of ether oxygens (including phenoxy) is 2. The van der Waals surface area contributed by atoms with Crippen molar-refractivity contribution in [2.24, 2.45) is 5.92 Å². The minimum absolute atomic E-state index is 0.0299. The van der Waals surface area contributed by atoms with E-state index < -0.39 is 24.4 Å². The van der Waals surface area contributed by atoms with Crippen molar-refractivity contribution < 1.29 is 23.9 Å². The molecule has 1 aliphatic rings. The first-order valence-corrected chi connectivity index (χ1v) is 13.3. The van der Waals surface area contributed by atoms with Gasteiger partial charge in [-0.3, -0.25) is 14.4 Å². The minimum Gasteiger partial charge on any atom is -0.457 e. The Morgan fingerprint density at radius 3 is 2.23 bits per heavy atom. The average Bonchev–Trinajstić information content (AvgIpc) is 3.34. The van der Waals surface area contributed by atoms with Gasteiger partial charge in [0.05, 0.1) is 5.92 Å². The lowest BCUT2D eigenvalue weighted by Gasteiger charge is -2.19. The molecule has 0 saturated carbocycles. The average molecular weight is 537 g/mol.